The molecule has 25 heavy (non-hydrogen) atoms. The van der Waals surface area contributed by atoms with E-state index in [0.717, 1.165) is 5.56 Å². The van der Waals surface area contributed by atoms with Crippen LogP contribution in [0.2, 0.25) is 0 Å². The average Bonchev–Trinajstić information content (AvgIpc) is 2.85. The van der Waals surface area contributed by atoms with Gasteiger partial charge in [-0.2, -0.15) is 0 Å². The van der Waals surface area contributed by atoms with E-state index in [1.165, 1.54) is 0 Å². The van der Waals surface area contributed by atoms with E-state index < -0.39 is 18.2 Å². The van der Waals surface area contributed by atoms with Gasteiger partial charge in [-0.25, -0.2) is 0 Å². The topological polar surface area (TPSA) is 87.0 Å². The van der Waals surface area contributed by atoms with E-state index in [-0.39, 0.29) is 18.3 Å². The largest absolute Gasteiger partial charge is 0.481 e. The molecule has 0 heterocycles. The molecule has 4 atom stereocenters. The number of hydrogen-bond donors (Lipinski definition) is 3. The van der Waals surface area contributed by atoms with Crippen molar-refractivity contribution in [3.8, 4) is 0 Å². The van der Waals surface area contributed by atoms with E-state index >= 15 is 0 Å². The van der Waals surface area contributed by atoms with Crippen LogP contribution < -0.4 is 0 Å². The Morgan fingerprint density at radius 3 is 2.56 bits per heavy atom. The summed E-state index contributed by atoms with van der Waals surface area (Å²) in [5.41, 5.74) is 1.09. The first-order valence-corrected chi connectivity index (χ1v) is 8.92. The molecule has 0 radical (unpaired) electrons. The molecule has 1 aliphatic rings. The summed E-state index contributed by atoms with van der Waals surface area (Å²) >= 11 is 0. The Morgan fingerprint density at radius 1 is 1.12 bits per heavy atom. The number of carbonyl (C=O) groups is 1. The van der Waals surface area contributed by atoms with Crippen LogP contribution in [-0.2, 0) is 16.1 Å². The summed E-state index contributed by atoms with van der Waals surface area (Å²) in [4.78, 5) is 10.5. The van der Waals surface area contributed by atoms with Gasteiger partial charge in [0.2, 0.25) is 0 Å². The van der Waals surface area contributed by atoms with Gasteiger partial charge < -0.3 is 20.1 Å². The molecule has 1 aliphatic carbocycles. The molecule has 0 aliphatic heterocycles. The van der Waals surface area contributed by atoms with Crippen molar-refractivity contribution in [2.75, 3.05) is 6.61 Å². The highest BCUT2D eigenvalue weighted by atomic mass is 16.5. The number of unbranched alkanes of at least 4 members (excludes halogenated alkanes) is 1. The summed E-state index contributed by atoms with van der Waals surface area (Å²) in [5.74, 6) is -0.887. The normalized spacial score (nSPS) is 26.3. The quantitative estimate of drug-likeness (QED) is 0.447. The first kappa shape index (κ1) is 19.6. The van der Waals surface area contributed by atoms with Gasteiger partial charge in [-0.1, -0.05) is 42.5 Å². The minimum absolute atomic E-state index is 0.0264. The molecule has 5 nitrogen and oxygen atoms in total. The Kier molecular flexibility index (Phi) is 8.12. The van der Waals surface area contributed by atoms with E-state index in [0.29, 0.717) is 38.9 Å². The van der Waals surface area contributed by atoms with Gasteiger partial charge in [-0.05, 0) is 37.2 Å². The number of ether oxygens (including phenoxy) is 1. The molecule has 1 aromatic rings. The molecule has 3 N–H and O–H groups in total. The number of benzene rings is 1. The van der Waals surface area contributed by atoms with Gasteiger partial charge in [0.05, 0.1) is 25.4 Å². The van der Waals surface area contributed by atoms with Crippen LogP contribution in [0.5, 0.6) is 0 Å². The lowest BCUT2D eigenvalue weighted by atomic mass is 9.91. The number of carboxylic acids is 1. The second-order valence-electron chi connectivity index (χ2n) is 6.69. The van der Waals surface area contributed by atoms with Crippen molar-refractivity contribution in [1.82, 2.24) is 0 Å². The fourth-order valence-electron chi connectivity index (χ4n) is 3.36. The highest BCUT2D eigenvalue weighted by Gasteiger charge is 2.40. The Bertz CT molecular complexity index is 542. The molecule has 1 fully saturated rings. The summed E-state index contributed by atoms with van der Waals surface area (Å²) in [5, 5.41) is 29.0. The van der Waals surface area contributed by atoms with Gasteiger partial charge in [0, 0.05) is 12.3 Å². The molecule has 0 aromatic heterocycles. The van der Waals surface area contributed by atoms with E-state index in [2.05, 4.69) is 0 Å². The zero-order valence-corrected chi connectivity index (χ0v) is 14.5. The maximum Gasteiger partial charge on any atom is 0.303 e. The van der Waals surface area contributed by atoms with Crippen molar-refractivity contribution in [2.45, 2.75) is 50.9 Å². The molecule has 138 valence electrons. The standard InChI is InChI=1S/C20H28O5/c21-18-12-19(22)17(14-25-13-15-8-4-3-5-9-15)16(18)10-6-1-2-7-11-20(23)24/h1,3-6,8-9,16-19,21-22H,2,7,10-14H2,(H,23,24)/b6-1-/t16-,17-,18+,19+/m0/s1. The number of rotatable bonds is 10. The van der Waals surface area contributed by atoms with Crippen molar-refractivity contribution < 1.29 is 24.9 Å². The molecule has 1 saturated carbocycles. The molecular weight excluding hydrogens is 320 g/mol. The molecule has 0 amide bonds. The minimum Gasteiger partial charge on any atom is -0.481 e. The van der Waals surface area contributed by atoms with Crippen LogP contribution in [0.15, 0.2) is 42.5 Å². The average molecular weight is 348 g/mol. The molecule has 2 rings (SSSR count). The van der Waals surface area contributed by atoms with Gasteiger partial charge in [0.25, 0.3) is 0 Å². The van der Waals surface area contributed by atoms with Crippen LogP contribution in [0.1, 0.15) is 37.7 Å². The number of aliphatic carboxylic acids is 1. The maximum atomic E-state index is 10.5. The molecule has 0 unspecified atom stereocenters. The van der Waals surface area contributed by atoms with E-state index in [4.69, 9.17) is 9.84 Å². The second-order valence-corrected chi connectivity index (χ2v) is 6.69. The van der Waals surface area contributed by atoms with Gasteiger partial charge in [0.15, 0.2) is 0 Å². The van der Waals surface area contributed by atoms with Crippen LogP contribution >= 0.6 is 0 Å². The third-order valence-electron chi connectivity index (χ3n) is 4.78. The van der Waals surface area contributed by atoms with E-state index in [1.807, 2.05) is 42.5 Å². The summed E-state index contributed by atoms with van der Waals surface area (Å²) in [6.45, 7) is 0.919. The fourth-order valence-corrected chi connectivity index (χ4v) is 3.36. The van der Waals surface area contributed by atoms with E-state index in [1.54, 1.807) is 0 Å². The highest BCUT2D eigenvalue weighted by molar-refractivity contribution is 5.66. The first-order valence-electron chi connectivity index (χ1n) is 8.92. The smallest absolute Gasteiger partial charge is 0.303 e. The SMILES string of the molecule is O=C(O)CCC/C=C\C[C@H]1[C@H](COCc2ccccc2)[C@H](O)C[C@H]1O. The molecule has 1 aromatic carbocycles. The number of hydrogen-bond acceptors (Lipinski definition) is 4. The predicted octanol–water partition coefficient (Wildman–Crippen LogP) is 2.76. The molecule has 0 bridgehead atoms. The van der Waals surface area contributed by atoms with Crippen molar-refractivity contribution in [1.29, 1.82) is 0 Å². The summed E-state index contributed by atoms with van der Waals surface area (Å²) in [6.07, 6.45) is 5.44. The monoisotopic (exact) mass is 348 g/mol. The second kappa shape index (κ2) is 10.3. The zero-order chi connectivity index (χ0) is 18.1. The van der Waals surface area contributed by atoms with Crippen molar-refractivity contribution >= 4 is 5.97 Å². The summed E-state index contributed by atoms with van der Waals surface area (Å²) in [7, 11) is 0. The number of allylic oxidation sites excluding steroid dienone is 2. The Balaban J connectivity index is 1.76. The number of aliphatic hydroxyl groups is 2. The summed E-state index contributed by atoms with van der Waals surface area (Å²) in [6, 6.07) is 9.88. The molecular formula is C20H28O5. The Morgan fingerprint density at radius 2 is 1.84 bits per heavy atom. The Hall–Kier alpha value is -1.69. The van der Waals surface area contributed by atoms with Crippen LogP contribution in [-0.4, -0.2) is 40.1 Å². The lowest BCUT2D eigenvalue weighted by molar-refractivity contribution is -0.137. The fraction of sp³-hybridized carbons (Fsp3) is 0.550. The van der Waals surface area contributed by atoms with Crippen molar-refractivity contribution in [3.05, 3.63) is 48.0 Å². The maximum absolute atomic E-state index is 10.5. The lowest BCUT2D eigenvalue weighted by Crippen LogP contribution is -2.26. The molecule has 0 saturated heterocycles. The van der Waals surface area contributed by atoms with Gasteiger partial charge in [-0.15, -0.1) is 0 Å². The molecule has 0 spiro atoms. The number of aliphatic hydroxyl groups excluding tert-OH is 2. The van der Waals surface area contributed by atoms with Crippen LogP contribution in [0.4, 0.5) is 0 Å². The first-order chi connectivity index (χ1) is 12.1. The highest BCUT2D eigenvalue weighted by Crippen LogP contribution is 2.35. The molecule has 5 heteroatoms. The zero-order valence-electron chi connectivity index (χ0n) is 14.5. The van der Waals surface area contributed by atoms with Gasteiger partial charge >= 0.3 is 5.97 Å². The van der Waals surface area contributed by atoms with Crippen molar-refractivity contribution in [3.63, 3.8) is 0 Å². The van der Waals surface area contributed by atoms with Gasteiger partial charge in [-0.3, -0.25) is 4.79 Å². The minimum atomic E-state index is -0.779. The van der Waals surface area contributed by atoms with Crippen molar-refractivity contribution in [2.24, 2.45) is 11.8 Å². The van der Waals surface area contributed by atoms with Crippen LogP contribution in [0, 0.1) is 11.8 Å². The Labute approximate surface area is 149 Å². The third-order valence-corrected chi connectivity index (χ3v) is 4.78. The van der Waals surface area contributed by atoms with Crippen LogP contribution in [0.3, 0.4) is 0 Å². The number of carboxylic acid groups (broad SMARTS) is 1. The third kappa shape index (κ3) is 6.61. The van der Waals surface area contributed by atoms with E-state index in [9.17, 15) is 15.0 Å². The predicted molar refractivity (Wildman–Crippen MR) is 95.0 cm³/mol. The summed E-state index contributed by atoms with van der Waals surface area (Å²) < 4.78 is 5.76. The van der Waals surface area contributed by atoms with Crippen LogP contribution in [0.25, 0.3) is 0 Å². The van der Waals surface area contributed by atoms with Gasteiger partial charge in [0.1, 0.15) is 0 Å². The lowest BCUT2D eigenvalue weighted by Gasteiger charge is -2.22.